The number of hydrogen-bond acceptors (Lipinski definition) is 6. The van der Waals surface area contributed by atoms with E-state index in [9.17, 15) is 13.6 Å². The summed E-state index contributed by atoms with van der Waals surface area (Å²) in [7, 11) is 0. The first-order valence-electron chi connectivity index (χ1n) is 12.7. The molecule has 4 aromatic rings. The molecule has 7 rings (SSSR count). The number of imidazole rings is 1. The molecule has 206 valence electrons. The van der Waals surface area contributed by atoms with Crippen LogP contribution in [0.2, 0.25) is 0 Å². The van der Waals surface area contributed by atoms with E-state index >= 15 is 0 Å². The van der Waals surface area contributed by atoms with Crippen LogP contribution in [0.5, 0.6) is 5.75 Å². The van der Waals surface area contributed by atoms with Gasteiger partial charge in [0.2, 0.25) is 0 Å². The van der Waals surface area contributed by atoms with E-state index in [1.165, 1.54) is 14.9 Å². The molecule has 2 aromatic heterocycles. The quantitative estimate of drug-likeness (QED) is 0.252. The second-order valence-corrected chi connectivity index (χ2v) is 21.2. The molecular formula is C27H26F2I2N5O3-. The Labute approximate surface area is 240 Å². The Balaban J connectivity index is 1.33. The number of anilines is 1. The van der Waals surface area contributed by atoms with Gasteiger partial charge < -0.3 is 0 Å². The number of likely N-dealkylation sites (tertiary alicyclic amines) is 1. The van der Waals surface area contributed by atoms with E-state index in [0.717, 1.165) is 40.5 Å². The number of amides is 1. The van der Waals surface area contributed by atoms with Crippen LogP contribution in [0, 0.1) is 3.57 Å². The van der Waals surface area contributed by atoms with Crippen LogP contribution < -0.4 is 31.7 Å². The third-order valence-corrected chi connectivity index (χ3v) is 23.7. The molecule has 0 bridgehead atoms. The number of halogens is 4. The number of aromatic nitrogens is 3. The number of nitrogens with zero attached hydrogens (tertiary/aromatic N) is 4. The Hall–Kier alpha value is -2.33. The Bertz CT molecular complexity index is 1590. The zero-order valence-corrected chi connectivity index (χ0v) is 25.1. The SMILES string of the molecule is Nc1nc2c(I3CC[I-]C3)cc(C(=O)N3CCCC4OCc5cc(OC(F)F)ccc5[C@@H]43)cc2n2cncc12. The van der Waals surface area contributed by atoms with Gasteiger partial charge in [0.15, 0.2) is 0 Å². The molecule has 39 heavy (non-hydrogen) atoms. The van der Waals surface area contributed by atoms with E-state index < -0.39 is 26.4 Å². The molecule has 0 spiro atoms. The second-order valence-electron chi connectivity index (χ2n) is 9.77. The molecule has 2 fully saturated rings. The van der Waals surface area contributed by atoms with Gasteiger partial charge in [-0.1, -0.05) is 0 Å². The van der Waals surface area contributed by atoms with Crippen molar-refractivity contribution in [3.8, 4) is 5.75 Å². The molecule has 12 heteroatoms. The van der Waals surface area contributed by atoms with Gasteiger partial charge in [0, 0.05) is 0 Å². The third kappa shape index (κ3) is 4.51. The molecular weight excluding hydrogens is 734 g/mol. The molecule has 2 N–H and O–H groups in total. The summed E-state index contributed by atoms with van der Waals surface area (Å²) >= 11 is -1.25. The number of nitrogens with two attached hydrogens (primary N) is 1. The molecule has 3 aliphatic heterocycles. The van der Waals surface area contributed by atoms with Crippen LogP contribution in [0.15, 0.2) is 42.9 Å². The summed E-state index contributed by atoms with van der Waals surface area (Å²) in [5, 5.41) is 0. The van der Waals surface area contributed by atoms with Gasteiger partial charge in [0.05, 0.1) is 0 Å². The first kappa shape index (κ1) is 25.6. The zero-order chi connectivity index (χ0) is 26.7. The average Bonchev–Trinajstić information content (AvgIpc) is 3.65. The fourth-order valence-corrected chi connectivity index (χ4v) is 24.9. The maximum absolute atomic E-state index is 14.3. The van der Waals surface area contributed by atoms with Gasteiger partial charge >= 0.3 is 233 Å². The monoisotopic (exact) mass is 760 g/mol. The van der Waals surface area contributed by atoms with E-state index in [-0.39, 0.29) is 45.0 Å². The van der Waals surface area contributed by atoms with Gasteiger partial charge in [0.25, 0.3) is 0 Å². The predicted octanol–water partition coefficient (Wildman–Crippen LogP) is 1.68. The van der Waals surface area contributed by atoms with Crippen molar-refractivity contribution in [1.82, 2.24) is 19.3 Å². The Morgan fingerprint density at radius 1 is 1.26 bits per heavy atom. The van der Waals surface area contributed by atoms with Gasteiger partial charge in [0.1, 0.15) is 0 Å². The summed E-state index contributed by atoms with van der Waals surface area (Å²) in [5.41, 5.74) is 11.2. The number of hydrogen-bond donors (Lipinski definition) is 1. The van der Waals surface area contributed by atoms with Crippen molar-refractivity contribution >= 4 is 48.1 Å². The standard InChI is InChI=1S/C27H26F2I2N5O3/c28-27(29)39-17-3-4-18-16(8-17)12-38-22-2-1-7-35(24(18)22)26(37)15-9-19(31-6-5-30-13-31)23-20(10-15)36-14-33-11-21(36)25(32)34-23/h3-4,8-11,14,22,24,27H,1-2,5-7,12-13H2,(H2,32,34)/q-1/t22?,24-/m0/s1. The maximum atomic E-state index is 14.3. The van der Waals surface area contributed by atoms with Crippen LogP contribution in [0.25, 0.3) is 16.6 Å². The molecule has 1 unspecified atom stereocenters. The molecule has 0 saturated carbocycles. The van der Waals surface area contributed by atoms with Gasteiger partial charge in [-0.15, -0.1) is 0 Å². The number of fused-ring (bicyclic) bond motifs is 6. The molecule has 8 nitrogen and oxygen atoms in total. The summed E-state index contributed by atoms with van der Waals surface area (Å²) in [5.74, 6) is 0.502. The van der Waals surface area contributed by atoms with Crippen LogP contribution in [-0.2, 0) is 11.3 Å². The van der Waals surface area contributed by atoms with E-state index in [2.05, 4.69) is 15.8 Å². The predicted molar refractivity (Wildman–Crippen MR) is 147 cm³/mol. The first-order valence-corrected chi connectivity index (χ1v) is 19.9. The van der Waals surface area contributed by atoms with E-state index in [1.807, 2.05) is 21.4 Å². The zero-order valence-electron chi connectivity index (χ0n) is 20.8. The van der Waals surface area contributed by atoms with Crippen LogP contribution in [-0.4, -0.2) is 55.7 Å². The second kappa shape index (κ2) is 10.3. The fraction of sp³-hybridized carbons (Fsp3) is 0.370. The number of carbonyl (C=O) groups is 1. The van der Waals surface area contributed by atoms with Crippen molar-refractivity contribution < 1.29 is 44.3 Å². The number of alkyl halides is 6. The average molecular weight is 760 g/mol. The summed E-state index contributed by atoms with van der Waals surface area (Å²) in [4.78, 5) is 25.4. The topological polar surface area (TPSA) is 95.0 Å². The van der Waals surface area contributed by atoms with Crippen molar-refractivity contribution in [1.29, 1.82) is 0 Å². The van der Waals surface area contributed by atoms with Crippen LogP contribution in [0.3, 0.4) is 0 Å². The van der Waals surface area contributed by atoms with Crippen molar-refractivity contribution in [2.45, 2.75) is 38.2 Å². The first-order chi connectivity index (χ1) is 19.0. The normalized spacial score (nSPS) is 22.1. The molecule has 1 amide bonds. The molecule has 0 radical (unpaired) electrons. The van der Waals surface area contributed by atoms with Gasteiger partial charge in [-0.3, -0.25) is 0 Å². The number of rotatable bonds is 4. The van der Waals surface area contributed by atoms with Gasteiger partial charge in [-0.25, -0.2) is 0 Å². The van der Waals surface area contributed by atoms with Crippen LogP contribution in [0.1, 0.15) is 40.4 Å². The molecule has 2 aromatic carbocycles. The Morgan fingerprint density at radius 3 is 2.97 bits per heavy atom. The van der Waals surface area contributed by atoms with Crippen molar-refractivity contribution in [3.63, 3.8) is 0 Å². The van der Waals surface area contributed by atoms with E-state index in [0.29, 0.717) is 24.5 Å². The van der Waals surface area contributed by atoms with Gasteiger partial charge in [-0.05, 0) is 0 Å². The van der Waals surface area contributed by atoms with E-state index in [4.69, 9.17) is 15.5 Å². The molecule has 3 aliphatic rings. The number of benzene rings is 2. The van der Waals surface area contributed by atoms with Crippen molar-refractivity contribution in [3.05, 3.63) is 63.1 Å². The van der Waals surface area contributed by atoms with Gasteiger partial charge in [-0.2, -0.15) is 8.78 Å². The summed E-state index contributed by atoms with van der Waals surface area (Å²) in [6, 6.07) is 8.70. The van der Waals surface area contributed by atoms with Crippen LogP contribution >= 0.6 is 19.8 Å². The Morgan fingerprint density at radius 2 is 2.15 bits per heavy atom. The Kier molecular flexibility index (Phi) is 6.74. The number of piperidine rings is 1. The van der Waals surface area contributed by atoms with E-state index in [1.54, 1.807) is 24.7 Å². The molecule has 2 saturated heterocycles. The van der Waals surface area contributed by atoms with Crippen LogP contribution in [0.4, 0.5) is 14.6 Å². The summed E-state index contributed by atoms with van der Waals surface area (Å²) in [6.07, 6.45) is 4.97. The summed E-state index contributed by atoms with van der Waals surface area (Å²) < 4.78 is 43.5. The third-order valence-electron chi connectivity index (χ3n) is 7.55. The number of nitrogen functional groups attached to an aromatic ring is 1. The molecule has 0 aliphatic carbocycles. The van der Waals surface area contributed by atoms with Crippen molar-refractivity contribution in [2.75, 3.05) is 23.6 Å². The minimum atomic E-state index is -2.90. The fourth-order valence-electron chi connectivity index (χ4n) is 5.81. The molecule has 2 atom stereocenters. The summed E-state index contributed by atoms with van der Waals surface area (Å²) in [6.45, 7) is -1.99. The van der Waals surface area contributed by atoms with Crippen molar-refractivity contribution in [2.24, 2.45) is 0 Å². The number of ether oxygens (including phenoxy) is 2. The molecule has 5 heterocycles. The minimum absolute atomic E-state index is 0.0490. The number of carbonyl (C=O) groups excluding carboxylic acids is 1.